The molecular weight excluding hydrogens is 202 g/mol. The van der Waals surface area contributed by atoms with E-state index in [1.165, 1.54) is 12.7 Å². The molecule has 1 amide bonds. The fourth-order valence-electron chi connectivity index (χ4n) is 1.58. The maximum absolute atomic E-state index is 11.4. The molecule has 0 radical (unpaired) electrons. The lowest BCUT2D eigenvalue weighted by atomic mass is 9.97. The second-order valence-electron chi connectivity index (χ2n) is 3.88. The number of rotatable bonds is 5. The summed E-state index contributed by atoms with van der Waals surface area (Å²) in [4.78, 5) is 11.4. The molecule has 1 aromatic carbocycles. The second kappa shape index (κ2) is 6.28. The van der Waals surface area contributed by atoms with Gasteiger partial charge in [-0.05, 0) is 24.0 Å². The molecule has 0 aliphatic carbocycles. The van der Waals surface area contributed by atoms with Gasteiger partial charge in [-0.3, -0.25) is 4.79 Å². The minimum absolute atomic E-state index is 0.0921. The maximum atomic E-state index is 11.4. The standard InChI is InChI=1S/C13H19NO2/c1-4-10(2)11-7-5-6-8-12(11)14-13(15)9-16-3/h5-8,10H,4,9H2,1-3H3,(H,14,15). The minimum atomic E-state index is -0.113. The molecule has 1 atom stereocenters. The summed E-state index contributed by atoms with van der Waals surface area (Å²) in [5.41, 5.74) is 2.06. The van der Waals surface area contributed by atoms with E-state index < -0.39 is 0 Å². The number of hydrogen-bond donors (Lipinski definition) is 1. The Labute approximate surface area is 96.8 Å². The van der Waals surface area contributed by atoms with Crippen LogP contribution < -0.4 is 5.32 Å². The zero-order chi connectivity index (χ0) is 12.0. The number of para-hydroxylation sites is 1. The molecule has 0 bridgehead atoms. The van der Waals surface area contributed by atoms with E-state index in [-0.39, 0.29) is 12.5 Å². The van der Waals surface area contributed by atoms with Crippen molar-refractivity contribution in [2.75, 3.05) is 19.0 Å². The highest BCUT2D eigenvalue weighted by atomic mass is 16.5. The zero-order valence-corrected chi connectivity index (χ0v) is 10.1. The van der Waals surface area contributed by atoms with Gasteiger partial charge in [-0.15, -0.1) is 0 Å². The predicted octanol–water partition coefficient (Wildman–Crippen LogP) is 2.79. The topological polar surface area (TPSA) is 38.3 Å². The summed E-state index contributed by atoms with van der Waals surface area (Å²) in [6.45, 7) is 4.38. The number of hydrogen-bond acceptors (Lipinski definition) is 2. The lowest BCUT2D eigenvalue weighted by Crippen LogP contribution is -2.18. The Kier molecular flexibility index (Phi) is 4.99. The van der Waals surface area contributed by atoms with Gasteiger partial charge < -0.3 is 10.1 Å². The number of carbonyl (C=O) groups is 1. The van der Waals surface area contributed by atoms with Crippen LogP contribution in [-0.4, -0.2) is 19.6 Å². The minimum Gasteiger partial charge on any atom is -0.375 e. The quantitative estimate of drug-likeness (QED) is 0.830. The normalized spacial score (nSPS) is 12.2. The van der Waals surface area contributed by atoms with Crippen LogP contribution in [0.25, 0.3) is 0 Å². The first-order valence-corrected chi connectivity index (χ1v) is 5.56. The van der Waals surface area contributed by atoms with Crippen molar-refractivity contribution in [3.8, 4) is 0 Å². The van der Waals surface area contributed by atoms with Crippen LogP contribution in [0.1, 0.15) is 31.7 Å². The van der Waals surface area contributed by atoms with E-state index >= 15 is 0 Å². The van der Waals surface area contributed by atoms with Crippen LogP contribution in [0, 0.1) is 0 Å². The Bertz CT molecular complexity index is 350. The van der Waals surface area contributed by atoms with E-state index in [4.69, 9.17) is 4.74 Å². The maximum Gasteiger partial charge on any atom is 0.250 e. The van der Waals surface area contributed by atoms with Crippen LogP contribution in [-0.2, 0) is 9.53 Å². The molecule has 0 saturated heterocycles. The molecule has 3 heteroatoms. The molecule has 0 heterocycles. The highest BCUT2D eigenvalue weighted by Gasteiger charge is 2.10. The van der Waals surface area contributed by atoms with E-state index in [1.807, 2.05) is 18.2 Å². The molecule has 1 rings (SSSR count). The summed E-state index contributed by atoms with van der Waals surface area (Å²) in [6.07, 6.45) is 1.05. The average molecular weight is 221 g/mol. The number of amides is 1. The lowest BCUT2D eigenvalue weighted by molar-refractivity contribution is -0.119. The molecule has 0 aromatic heterocycles. The van der Waals surface area contributed by atoms with Crippen molar-refractivity contribution in [2.45, 2.75) is 26.2 Å². The highest BCUT2D eigenvalue weighted by molar-refractivity contribution is 5.92. The van der Waals surface area contributed by atoms with E-state index in [1.54, 1.807) is 0 Å². The predicted molar refractivity (Wildman–Crippen MR) is 65.7 cm³/mol. The first-order valence-electron chi connectivity index (χ1n) is 5.56. The fourth-order valence-corrected chi connectivity index (χ4v) is 1.58. The molecule has 0 saturated carbocycles. The van der Waals surface area contributed by atoms with Gasteiger partial charge in [0.2, 0.25) is 5.91 Å². The summed E-state index contributed by atoms with van der Waals surface area (Å²) in [5.74, 6) is 0.331. The van der Waals surface area contributed by atoms with Crippen molar-refractivity contribution in [3.63, 3.8) is 0 Å². The van der Waals surface area contributed by atoms with Crippen LogP contribution in [0.15, 0.2) is 24.3 Å². The van der Waals surface area contributed by atoms with Gasteiger partial charge in [-0.1, -0.05) is 32.0 Å². The van der Waals surface area contributed by atoms with Gasteiger partial charge in [-0.25, -0.2) is 0 Å². The average Bonchev–Trinajstić information content (AvgIpc) is 2.29. The van der Waals surface area contributed by atoms with Crippen LogP contribution in [0.3, 0.4) is 0 Å². The van der Waals surface area contributed by atoms with E-state index in [9.17, 15) is 4.79 Å². The molecule has 1 N–H and O–H groups in total. The Morgan fingerprint density at radius 1 is 1.44 bits per heavy atom. The van der Waals surface area contributed by atoms with Gasteiger partial charge in [0.1, 0.15) is 6.61 Å². The summed E-state index contributed by atoms with van der Waals surface area (Å²) in [5, 5.41) is 2.86. The van der Waals surface area contributed by atoms with Crippen LogP contribution in [0.5, 0.6) is 0 Å². The molecule has 0 aliphatic rings. The van der Waals surface area contributed by atoms with E-state index in [0.29, 0.717) is 5.92 Å². The molecule has 0 spiro atoms. The Hall–Kier alpha value is -1.35. The van der Waals surface area contributed by atoms with Crippen LogP contribution in [0.2, 0.25) is 0 Å². The third-order valence-electron chi connectivity index (χ3n) is 2.65. The van der Waals surface area contributed by atoms with Gasteiger partial charge in [-0.2, -0.15) is 0 Å². The third kappa shape index (κ3) is 3.35. The van der Waals surface area contributed by atoms with Crippen LogP contribution >= 0.6 is 0 Å². The molecule has 3 nitrogen and oxygen atoms in total. The van der Waals surface area contributed by atoms with Crippen LogP contribution in [0.4, 0.5) is 5.69 Å². The van der Waals surface area contributed by atoms with Crippen molar-refractivity contribution in [1.29, 1.82) is 0 Å². The number of nitrogens with one attached hydrogen (secondary N) is 1. The molecule has 0 aliphatic heterocycles. The summed E-state index contributed by atoms with van der Waals surface area (Å²) in [7, 11) is 1.51. The molecule has 1 unspecified atom stereocenters. The number of benzene rings is 1. The lowest BCUT2D eigenvalue weighted by Gasteiger charge is -2.15. The summed E-state index contributed by atoms with van der Waals surface area (Å²) >= 11 is 0. The Morgan fingerprint density at radius 2 is 2.12 bits per heavy atom. The van der Waals surface area contributed by atoms with Gasteiger partial charge in [0.05, 0.1) is 0 Å². The van der Waals surface area contributed by atoms with E-state index in [0.717, 1.165) is 12.1 Å². The fraction of sp³-hybridized carbons (Fsp3) is 0.462. The van der Waals surface area contributed by atoms with E-state index in [2.05, 4.69) is 25.2 Å². The first-order chi connectivity index (χ1) is 7.69. The van der Waals surface area contributed by atoms with Crippen molar-refractivity contribution in [1.82, 2.24) is 0 Å². The van der Waals surface area contributed by atoms with Crippen molar-refractivity contribution in [2.24, 2.45) is 0 Å². The summed E-state index contributed by atoms with van der Waals surface area (Å²) in [6, 6.07) is 7.90. The molecule has 88 valence electrons. The number of ether oxygens (including phenoxy) is 1. The first kappa shape index (κ1) is 12.7. The highest BCUT2D eigenvalue weighted by Crippen LogP contribution is 2.26. The SMILES string of the molecule is CCC(C)c1ccccc1NC(=O)COC. The monoisotopic (exact) mass is 221 g/mol. The number of methoxy groups -OCH3 is 1. The Balaban J connectivity index is 2.82. The van der Waals surface area contributed by atoms with Crippen molar-refractivity contribution >= 4 is 11.6 Å². The molecular formula is C13H19NO2. The van der Waals surface area contributed by atoms with Crippen molar-refractivity contribution in [3.05, 3.63) is 29.8 Å². The largest absolute Gasteiger partial charge is 0.375 e. The Morgan fingerprint density at radius 3 is 2.75 bits per heavy atom. The zero-order valence-electron chi connectivity index (χ0n) is 10.1. The smallest absolute Gasteiger partial charge is 0.250 e. The second-order valence-corrected chi connectivity index (χ2v) is 3.88. The van der Waals surface area contributed by atoms with Gasteiger partial charge in [0.15, 0.2) is 0 Å². The molecule has 0 fully saturated rings. The molecule has 1 aromatic rings. The summed E-state index contributed by atoms with van der Waals surface area (Å²) < 4.78 is 4.79. The third-order valence-corrected chi connectivity index (χ3v) is 2.65. The van der Waals surface area contributed by atoms with Gasteiger partial charge in [0, 0.05) is 12.8 Å². The number of carbonyl (C=O) groups excluding carboxylic acids is 1. The van der Waals surface area contributed by atoms with Gasteiger partial charge in [0.25, 0.3) is 0 Å². The van der Waals surface area contributed by atoms with Gasteiger partial charge >= 0.3 is 0 Å². The van der Waals surface area contributed by atoms with Crippen molar-refractivity contribution < 1.29 is 9.53 Å². The molecule has 16 heavy (non-hydrogen) atoms. The number of anilines is 1.